The number of likely N-dealkylation sites (tertiary alicyclic amines) is 1. The zero-order valence-electron chi connectivity index (χ0n) is 11.3. The first-order valence-electron chi connectivity index (χ1n) is 6.71. The van der Waals surface area contributed by atoms with Gasteiger partial charge in [-0.25, -0.2) is 4.98 Å². The highest BCUT2D eigenvalue weighted by atomic mass is 16.5. The van der Waals surface area contributed by atoms with E-state index in [9.17, 15) is 0 Å². The zero-order chi connectivity index (χ0) is 13.0. The van der Waals surface area contributed by atoms with Gasteiger partial charge in [-0.3, -0.25) is 0 Å². The Morgan fingerprint density at radius 3 is 2.94 bits per heavy atom. The number of hydrogen-bond donors (Lipinski definition) is 1. The van der Waals surface area contributed by atoms with Crippen molar-refractivity contribution in [2.45, 2.75) is 38.3 Å². The molecular formula is C14H23N3O. The predicted molar refractivity (Wildman–Crippen MR) is 72.6 cm³/mol. The molecule has 1 saturated heterocycles. The summed E-state index contributed by atoms with van der Waals surface area (Å²) in [4.78, 5) is 6.66. The van der Waals surface area contributed by atoms with E-state index in [-0.39, 0.29) is 6.04 Å². The van der Waals surface area contributed by atoms with E-state index in [0.717, 1.165) is 12.2 Å². The minimum atomic E-state index is 0.0241. The van der Waals surface area contributed by atoms with E-state index < -0.39 is 0 Å². The lowest BCUT2D eigenvalue weighted by Crippen LogP contribution is -2.40. The van der Waals surface area contributed by atoms with E-state index in [1.54, 1.807) is 6.20 Å². The minimum Gasteiger partial charge on any atom is -0.476 e. The number of hydrogen-bond acceptors (Lipinski definition) is 4. The summed E-state index contributed by atoms with van der Waals surface area (Å²) < 4.78 is 5.76. The molecule has 4 heteroatoms. The number of ether oxygens (including phenoxy) is 1. The lowest BCUT2D eigenvalue weighted by atomic mass is 10.0. The molecule has 2 rings (SSSR count). The van der Waals surface area contributed by atoms with Gasteiger partial charge in [-0.2, -0.15) is 0 Å². The maximum absolute atomic E-state index is 5.79. The number of rotatable bonds is 4. The highest BCUT2D eigenvalue weighted by molar-refractivity contribution is 5.20. The van der Waals surface area contributed by atoms with Crippen molar-refractivity contribution >= 4 is 0 Å². The van der Waals surface area contributed by atoms with Crippen LogP contribution in [0.15, 0.2) is 18.3 Å². The van der Waals surface area contributed by atoms with Gasteiger partial charge in [0.2, 0.25) is 5.88 Å². The van der Waals surface area contributed by atoms with Gasteiger partial charge in [0.05, 0.1) is 0 Å². The number of aromatic nitrogens is 1. The summed E-state index contributed by atoms with van der Waals surface area (Å²) in [6, 6.07) is 4.43. The summed E-state index contributed by atoms with van der Waals surface area (Å²) in [5.74, 6) is 0.693. The second-order valence-corrected chi connectivity index (χ2v) is 5.16. The molecule has 0 aliphatic carbocycles. The van der Waals surface area contributed by atoms with Crippen LogP contribution in [0.25, 0.3) is 0 Å². The minimum absolute atomic E-state index is 0.0241. The molecule has 2 atom stereocenters. The molecule has 4 nitrogen and oxygen atoms in total. The smallest absolute Gasteiger partial charge is 0.213 e. The molecule has 1 aliphatic heterocycles. The summed E-state index contributed by atoms with van der Waals surface area (Å²) in [5, 5.41) is 0. The quantitative estimate of drug-likeness (QED) is 0.886. The molecule has 1 aromatic heterocycles. The maximum atomic E-state index is 5.79. The van der Waals surface area contributed by atoms with Gasteiger partial charge in [-0.1, -0.05) is 12.5 Å². The average Bonchev–Trinajstić information content (AvgIpc) is 2.38. The van der Waals surface area contributed by atoms with Gasteiger partial charge < -0.3 is 15.4 Å². The van der Waals surface area contributed by atoms with Crippen molar-refractivity contribution in [3.63, 3.8) is 0 Å². The van der Waals surface area contributed by atoms with E-state index in [0.29, 0.717) is 11.9 Å². The fraction of sp³-hybridized carbons (Fsp3) is 0.643. The summed E-state index contributed by atoms with van der Waals surface area (Å²) >= 11 is 0. The maximum Gasteiger partial charge on any atom is 0.213 e. The van der Waals surface area contributed by atoms with E-state index >= 15 is 0 Å². The van der Waals surface area contributed by atoms with Crippen LogP contribution in [0.3, 0.4) is 0 Å². The average molecular weight is 249 g/mol. The molecule has 100 valence electrons. The highest BCUT2D eigenvalue weighted by Gasteiger charge is 2.19. The number of nitrogens with two attached hydrogens (primary N) is 1. The van der Waals surface area contributed by atoms with E-state index in [2.05, 4.69) is 16.9 Å². The third-order valence-electron chi connectivity index (χ3n) is 3.63. The molecule has 18 heavy (non-hydrogen) atoms. The third-order valence-corrected chi connectivity index (χ3v) is 3.63. The fourth-order valence-electron chi connectivity index (χ4n) is 2.28. The lowest BCUT2D eigenvalue weighted by molar-refractivity contribution is 0.122. The summed E-state index contributed by atoms with van der Waals surface area (Å²) in [6.07, 6.45) is 5.61. The standard InChI is InChI=1S/C14H23N3O/c1-11(15)12-6-7-14(16-9-12)18-10-13-5-3-4-8-17(13)2/h6-7,9,11,13H,3-5,8,10,15H2,1-2H3. The van der Waals surface area contributed by atoms with Crippen LogP contribution in [-0.4, -0.2) is 36.1 Å². The first-order valence-corrected chi connectivity index (χ1v) is 6.71. The molecule has 0 saturated carbocycles. The van der Waals surface area contributed by atoms with Crippen LogP contribution in [0.1, 0.15) is 37.8 Å². The predicted octanol–water partition coefficient (Wildman–Crippen LogP) is 1.96. The molecule has 2 unspecified atom stereocenters. The normalized spacial score (nSPS) is 22.7. The van der Waals surface area contributed by atoms with Crippen molar-refractivity contribution in [1.82, 2.24) is 9.88 Å². The van der Waals surface area contributed by atoms with E-state index in [4.69, 9.17) is 10.5 Å². The Balaban J connectivity index is 1.85. The molecule has 0 amide bonds. The van der Waals surface area contributed by atoms with Crippen LogP contribution in [0, 0.1) is 0 Å². The lowest BCUT2D eigenvalue weighted by Gasteiger charge is -2.31. The van der Waals surface area contributed by atoms with Gasteiger partial charge in [0.15, 0.2) is 0 Å². The van der Waals surface area contributed by atoms with E-state index in [1.165, 1.54) is 25.8 Å². The Hall–Kier alpha value is -1.13. The van der Waals surface area contributed by atoms with Gasteiger partial charge in [-0.15, -0.1) is 0 Å². The Bertz CT molecular complexity index is 364. The van der Waals surface area contributed by atoms with Crippen molar-refractivity contribution in [3.05, 3.63) is 23.9 Å². The topological polar surface area (TPSA) is 51.4 Å². The summed E-state index contributed by atoms with van der Waals surface area (Å²) in [5.41, 5.74) is 6.82. The molecule has 0 bridgehead atoms. The summed E-state index contributed by atoms with van der Waals surface area (Å²) in [7, 11) is 2.17. The van der Waals surface area contributed by atoms with Crippen LogP contribution < -0.4 is 10.5 Å². The molecule has 1 aliphatic rings. The number of nitrogens with zero attached hydrogens (tertiary/aromatic N) is 2. The van der Waals surface area contributed by atoms with Crippen LogP contribution in [0.2, 0.25) is 0 Å². The number of piperidine rings is 1. The first kappa shape index (κ1) is 13.3. The SMILES string of the molecule is CC(N)c1ccc(OCC2CCCCN2C)nc1. The largest absolute Gasteiger partial charge is 0.476 e. The molecule has 0 radical (unpaired) electrons. The molecule has 2 heterocycles. The van der Waals surface area contributed by atoms with Crippen molar-refractivity contribution in [1.29, 1.82) is 0 Å². The van der Waals surface area contributed by atoms with Crippen LogP contribution in [-0.2, 0) is 0 Å². The zero-order valence-corrected chi connectivity index (χ0v) is 11.3. The second kappa shape index (κ2) is 6.16. The van der Waals surface area contributed by atoms with Gasteiger partial charge in [0.1, 0.15) is 6.61 Å². The first-order chi connectivity index (χ1) is 8.66. The van der Waals surface area contributed by atoms with Crippen LogP contribution in [0.4, 0.5) is 0 Å². The van der Waals surface area contributed by atoms with Crippen molar-refractivity contribution in [3.8, 4) is 5.88 Å². The van der Waals surface area contributed by atoms with Crippen molar-refractivity contribution < 1.29 is 4.74 Å². The Morgan fingerprint density at radius 2 is 2.33 bits per heavy atom. The third kappa shape index (κ3) is 3.43. The molecule has 1 aromatic rings. The molecule has 1 fully saturated rings. The van der Waals surface area contributed by atoms with Gasteiger partial charge in [0, 0.05) is 24.3 Å². The monoisotopic (exact) mass is 249 g/mol. The molecule has 0 spiro atoms. The van der Waals surface area contributed by atoms with Gasteiger partial charge in [0.25, 0.3) is 0 Å². The fourth-order valence-corrected chi connectivity index (χ4v) is 2.28. The Kier molecular flexibility index (Phi) is 4.55. The second-order valence-electron chi connectivity index (χ2n) is 5.16. The molecular weight excluding hydrogens is 226 g/mol. The molecule has 2 N–H and O–H groups in total. The van der Waals surface area contributed by atoms with Gasteiger partial charge in [-0.05, 0) is 38.9 Å². The Labute approximate surface area is 109 Å². The van der Waals surface area contributed by atoms with Crippen LogP contribution >= 0.6 is 0 Å². The van der Waals surface area contributed by atoms with Crippen molar-refractivity contribution in [2.24, 2.45) is 5.73 Å². The van der Waals surface area contributed by atoms with Crippen LogP contribution in [0.5, 0.6) is 5.88 Å². The summed E-state index contributed by atoms with van der Waals surface area (Å²) in [6.45, 7) is 3.85. The molecule has 0 aromatic carbocycles. The number of pyridine rings is 1. The highest BCUT2D eigenvalue weighted by Crippen LogP contribution is 2.17. The Morgan fingerprint density at radius 1 is 1.50 bits per heavy atom. The van der Waals surface area contributed by atoms with Gasteiger partial charge >= 0.3 is 0 Å². The van der Waals surface area contributed by atoms with Crippen molar-refractivity contribution in [2.75, 3.05) is 20.2 Å². The number of likely N-dealkylation sites (N-methyl/N-ethyl adjacent to an activating group) is 1. The van der Waals surface area contributed by atoms with E-state index in [1.807, 2.05) is 19.1 Å².